The third kappa shape index (κ3) is 4.19. The lowest BCUT2D eigenvalue weighted by atomic mass is 9.75. The summed E-state index contributed by atoms with van der Waals surface area (Å²) in [6, 6.07) is 0. The predicted octanol–water partition coefficient (Wildman–Crippen LogP) is 6.27. The Balaban J connectivity index is 3.02. The fourth-order valence-corrected chi connectivity index (χ4v) is 4.45. The molecule has 0 heterocycles. The molecule has 0 amide bonds. The van der Waals surface area contributed by atoms with Gasteiger partial charge in [-0.3, -0.25) is 0 Å². The van der Waals surface area contributed by atoms with E-state index in [1.165, 1.54) is 33.4 Å². The highest BCUT2D eigenvalue weighted by molar-refractivity contribution is 6.21. The Morgan fingerprint density at radius 3 is 0.933 bits per heavy atom. The van der Waals surface area contributed by atoms with Crippen molar-refractivity contribution in [2.75, 3.05) is 0 Å². The molecule has 2 aliphatic rings. The minimum absolute atomic E-state index is 0.0706. The third-order valence-corrected chi connectivity index (χ3v) is 5.76. The van der Waals surface area contributed by atoms with Gasteiger partial charge in [0.2, 0.25) is 0 Å². The molecule has 2 aliphatic carbocycles. The van der Waals surface area contributed by atoms with E-state index < -0.39 is 0 Å². The average molecular weight is 411 g/mol. The second-order valence-corrected chi connectivity index (χ2v) is 12.6. The normalized spacial score (nSPS) is 21.9. The Morgan fingerprint density at radius 1 is 0.500 bits per heavy atom. The summed E-state index contributed by atoms with van der Waals surface area (Å²) in [5.41, 5.74) is 8.56. The zero-order chi connectivity index (χ0) is 23.4. The van der Waals surface area contributed by atoms with Crippen LogP contribution in [0, 0.1) is 21.7 Å². The van der Waals surface area contributed by atoms with Gasteiger partial charge >= 0.3 is 0 Å². The van der Waals surface area contributed by atoms with Crippen molar-refractivity contribution >= 4 is 11.4 Å². The SMILES string of the molecule is CC(C)(C)C1=CC(C2=C(C(C)(C)C)/C(=N/N)C(C(C)(C)C)=C2)=C(C(C)(C)C)/C1=N\N. The van der Waals surface area contributed by atoms with Gasteiger partial charge in [-0.05, 0) is 67.3 Å². The van der Waals surface area contributed by atoms with Crippen molar-refractivity contribution in [1.82, 2.24) is 0 Å². The van der Waals surface area contributed by atoms with E-state index in [1.807, 2.05) is 0 Å². The molecule has 0 aromatic carbocycles. The smallest absolute Gasteiger partial charge is 0.0907 e. The van der Waals surface area contributed by atoms with E-state index in [1.54, 1.807) is 0 Å². The van der Waals surface area contributed by atoms with Gasteiger partial charge in [0.05, 0.1) is 11.4 Å². The largest absolute Gasteiger partial charge is 0.323 e. The molecule has 0 saturated carbocycles. The Labute approximate surface area is 184 Å². The summed E-state index contributed by atoms with van der Waals surface area (Å²) in [4.78, 5) is 0. The highest BCUT2D eigenvalue weighted by Gasteiger charge is 2.42. The number of rotatable bonds is 1. The molecule has 0 aliphatic heterocycles. The molecule has 0 bridgehead atoms. The van der Waals surface area contributed by atoms with Gasteiger partial charge in [-0.25, -0.2) is 0 Å². The molecular formula is C26H42N4. The molecule has 0 aromatic rings. The van der Waals surface area contributed by atoms with Crippen LogP contribution in [0.15, 0.2) is 55.8 Å². The quantitative estimate of drug-likeness (QED) is 0.394. The summed E-state index contributed by atoms with van der Waals surface area (Å²) < 4.78 is 0. The van der Waals surface area contributed by atoms with Crippen molar-refractivity contribution in [1.29, 1.82) is 0 Å². The number of hydrogen-bond acceptors (Lipinski definition) is 4. The van der Waals surface area contributed by atoms with Gasteiger partial charge < -0.3 is 11.7 Å². The van der Waals surface area contributed by atoms with E-state index in [-0.39, 0.29) is 21.7 Å². The van der Waals surface area contributed by atoms with Crippen LogP contribution >= 0.6 is 0 Å². The Morgan fingerprint density at radius 2 is 0.767 bits per heavy atom. The lowest BCUT2D eigenvalue weighted by Gasteiger charge is -2.29. The van der Waals surface area contributed by atoms with Crippen LogP contribution in [0.2, 0.25) is 0 Å². The Kier molecular flexibility index (Phi) is 5.84. The first-order chi connectivity index (χ1) is 13.4. The highest BCUT2D eigenvalue weighted by atomic mass is 15.1. The number of nitrogens with zero attached hydrogens (tertiary/aromatic N) is 2. The second-order valence-electron chi connectivity index (χ2n) is 12.6. The van der Waals surface area contributed by atoms with Crippen LogP contribution in [0.3, 0.4) is 0 Å². The van der Waals surface area contributed by atoms with Gasteiger partial charge in [-0.2, -0.15) is 10.2 Å². The van der Waals surface area contributed by atoms with Gasteiger partial charge in [0.25, 0.3) is 0 Å². The van der Waals surface area contributed by atoms with Gasteiger partial charge in [-0.15, -0.1) is 0 Å². The minimum Gasteiger partial charge on any atom is -0.323 e. The number of hydrazone groups is 2. The fourth-order valence-electron chi connectivity index (χ4n) is 4.45. The lowest BCUT2D eigenvalue weighted by Crippen LogP contribution is -2.25. The van der Waals surface area contributed by atoms with Crippen molar-refractivity contribution in [3.05, 3.63) is 45.6 Å². The molecule has 0 radical (unpaired) electrons. The number of allylic oxidation sites excluding steroid dienone is 8. The molecule has 4 heteroatoms. The second kappa shape index (κ2) is 7.25. The van der Waals surface area contributed by atoms with E-state index in [0.29, 0.717) is 0 Å². The van der Waals surface area contributed by atoms with Crippen molar-refractivity contribution in [2.45, 2.75) is 83.1 Å². The van der Waals surface area contributed by atoms with E-state index >= 15 is 0 Å². The molecule has 0 spiro atoms. The van der Waals surface area contributed by atoms with Gasteiger partial charge in [-0.1, -0.05) is 83.1 Å². The predicted molar refractivity (Wildman–Crippen MR) is 131 cm³/mol. The lowest BCUT2D eigenvalue weighted by molar-refractivity contribution is 0.508. The van der Waals surface area contributed by atoms with Crippen LogP contribution in [0.25, 0.3) is 0 Å². The third-order valence-electron chi connectivity index (χ3n) is 5.76. The molecule has 0 atom stereocenters. The maximum Gasteiger partial charge on any atom is 0.0907 e. The Bertz CT molecular complexity index is 841. The minimum atomic E-state index is -0.120. The summed E-state index contributed by atoms with van der Waals surface area (Å²) in [5, 5.41) is 8.58. The first-order valence-electron chi connectivity index (χ1n) is 10.9. The molecule has 0 aromatic heterocycles. The molecule has 2 rings (SSSR count). The van der Waals surface area contributed by atoms with Gasteiger partial charge in [0.15, 0.2) is 0 Å². The first-order valence-corrected chi connectivity index (χ1v) is 10.9. The number of hydrogen-bond donors (Lipinski definition) is 2. The van der Waals surface area contributed by atoms with Gasteiger partial charge in [0, 0.05) is 0 Å². The van der Waals surface area contributed by atoms with Crippen molar-refractivity contribution in [2.24, 2.45) is 43.5 Å². The molecule has 4 N–H and O–H groups in total. The standard InChI is InChI=1S/C26H42N4/c1-23(2,3)17-13-15(19(21(17)29-27)25(7,8)9)16-14-18(24(4,5)6)22(30-28)20(16)26(10,11)12/h13-14H,27-28H2,1-12H3/b29-21-,30-22+. The van der Waals surface area contributed by atoms with Crippen LogP contribution < -0.4 is 11.7 Å². The average Bonchev–Trinajstić information content (AvgIpc) is 3.11. The zero-order valence-electron chi connectivity index (χ0n) is 21.2. The van der Waals surface area contributed by atoms with E-state index in [2.05, 4.69) is 105 Å². The summed E-state index contributed by atoms with van der Waals surface area (Å²) in [5.74, 6) is 12.0. The maximum absolute atomic E-state index is 5.98. The Hall–Kier alpha value is -2.10. The van der Waals surface area contributed by atoms with Crippen LogP contribution in [-0.2, 0) is 0 Å². The molecule has 0 fully saturated rings. The molecule has 166 valence electrons. The van der Waals surface area contributed by atoms with Crippen molar-refractivity contribution in [3.8, 4) is 0 Å². The first kappa shape index (κ1) is 24.2. The van der Waals surface area contributed by atoms with Crippen molar-refractivity contribution in [3.63, 3.8) is 0 Å². The van der Waals surface area contributed by atoms with E-state index in [4.69, 9.17) is 11.7 Å². The van der Waals surface area contributed by atoms with Gasteiger partial charge in [0.1, 0.15) is 0 Å². The molecule has 4 nitrogen and oxygen atoms in total. The molecule has 0 unspecified atom stereocenters. The maximum atomic E-state index is 5.98. The number of nitrogens with two attached hydrogens (primary N) is 2. The van der Waals surface area contributed by atoms with E-state index in [0.717, 1.165) is 11.4 Å². The highest BCUT2D eigenvalue weighted by Crippen LogP contribution is 2.50. The van der Waals surface area contributed by atoms with Crippen LogP contribution in [-0.4, -0.2) is 11.4 Å². The summed E-state index contributed by atoms with van der Waals surface area (Å²) in [7, 11) is 0. The van der Waals surface area contributed by atoms with Crippen LogP contribution in [0.5, 0.6) is 0 Å². The molecule has 30 heavy (non-hydrogen) atoms. The molecular weight excluding hydrogens is 368 g/mol. The zero-order valence-corrected chi connectivity index (χ0v) is 21.2. The summed E-state index contributed by atoms with van der Waals surface area (Å²) in [6.07, 6.45) is 4.59. The topological polar surface area (TPSA) is 76.8 Å². The van der Waals surface area contributed by atoms with Crippen LogP contribution in [0.1, 0.15) is 83.1 Å². The molecule has 0 saturated heterocycles. The van der Waals surface area contributed by atoms with Crippen molar-refractivity contribution < 1.29 is 0 Å². The van der Waals surface area contributed by atoms with Crippen LogP contribution in [0.4, 0.5) is 0 Å². The summed E-state index contributed by atoms with van der Waals surface area (Å²) >= 11 is 0. The monoisotopic (exact) mass is 410 g/mol. The summed E-state index contributed by atoms with van der Waals surface area (Å²) in [6.45, 7) is 26.6. The van der Waals surface area contributed by atoms with E-state index in [9.17, 15) is 0 Å². The fraction of sp³-hybridized carbons (Fsp3) is 0.615.